The molecule has 2 aliphatic heterocycles. The van der Waals surface area contributed by atoms with Crippen molar-refractivity contribution in [3.8, 4) is 0 Å². The summed E-state index contributed by atoms with van der Waals surface area (Å²) in [6, 6.07) is 0. The highest BCUT2D eigenvalue weighted by Crippen LogP contribution is 2.21. The summed E-state index contributed by atoms with van der Waals surface area (Å²) in [6.07, 6.45) is 4.20. The van der Waals surface area contributed by atoms with Gasteiger partial charge in [-0.15, -0.1) is 0 Å². The zero-order valence-corrected chi connectivity index (χ0v) is 14.1. The van der Waals surface area contributed by atoms with E-state index < -0.39 is 0 Å². The van der Waals surface area contributed by atoms with Crippen molar-refractivity contribution in [2.45, 2.75) is 32.6 Å². The van der Waals surface area contributed by atoms with Gasteiger partial charge in [-0.25, -0.2) is 4.98 Å². The van der Waals surface area contributed by atoms with Gasteiger partial charge in [0.2, 0.25) is 11.0 Å². The maximum absolute atomic E-state index is 12.4. The number of carbonyl (C=O) groups is 1. The number of carbonyl (C=O) groups excluding carboxylic acids is 1. The molecule has 0 unspecified atom stereocenters. The van der Waals surface area contributed by atoms with Crippen LogP contribution in [-0.2, 0) is 4.79 Å². The molecule has 6 nitrogen and oxygen atoms in total. The molecule has 7 heteroatoms. The van der Waals surface area contributed by atoms with E-state index in [1.54, 1.807) is 0 Å². The average molecular weight is 323 g/mol. The summed E-state index contributed by atoms with van der Waals surface area (Å²) in [7, 11) is 0. The molecule has 0 spiro atoms. The molecular weight excluding hydrogens is 298 g/mol. The predicted octanol–water partition coefficient (Wildman–Crippen LogP) is 1.27. The fourth-order valence-electron chi connectivity index (χ4n) is 3.22. The van der Waals surface area contributed by atoms with Crippen LogP contribution in [0.15, 0.2) is 0 Å². The van der Waals surface area contributed by atoms with Crippen molar-refractivity contribution in [3.63, 3.8) is 0 Å². The molecule has 1 N–H and O–H groups in total. The number of piperidine rings is 1. The first-order valence-electron chi connectivity index (χ1n) is 8.26. The van der Waals surface area contributed by atoms with Gasteiger partial charge in [0.25, 0.3) is 0 Å². The molecule has 0 bridgehead atoms. The van der Waals surface area contributed by atoms with Gasteiger partial charge in [-0.1, -0.05) is 0 Å². The lowest BCUT2D eigenvalue weighted by molar-refractivity contribution is -0.131. The summed E-state index contributed by atoms with van der Waals surface area (Å²) in [6.45, 7) is 7.49. The van der Waals surface area contributed by atoms with Crippen LogP contribution in [0.25, 0.3) is 0 Å². The van der Waals surface area contributed by atoms with Crippen LogP contribution in [0.2, 0.25) is 0 Å². The molecule has 3 rings (SSSR count). The van der Waals surface area contributed by atoms with Crippen LogP contribution >= 0.6 is 11.5 Å². The second-order valence-electron chi connectivity index (χ2n) is 6.22. The number of amides is 1. The van der Waals surface area contributed by atoms with E-state index in [4.69, 9.17) is 0 Å². The number of hydrogen-bond donors (Lipinski definition) is 1. The summed E-state index contributed by atoms with van der Waals surface area (Å²) in [5.41, 5.74) is 0. The minimum Gasteiger partial charge on any atom is -0.343 e. The smallest absolute Gasteiger partial charge is 0.222 e. The molecule has 1 aromatic rings. The summed E-state index contributed by atoms with van der Waals surface area (Å²) >= 11 is 1.45. The van der Waals surface area contributed by atoms with Gasteiger partial charge in [-0.2, -0.15) is 4.37 Å². The minimum absolute atomic E-state index is 0.326. The molecule has 0 saturated carbocycles. The number of aryl methyl sites for hydroxylation is 1. The lowest BCUT2D eigenvalue weighted by atomic mass is 9.93. The van der Waals surface area contributed by atoms with E-state index in [1.165, 1.54) is 24.4 Å². The zero-order valence-electron chi connectivity index (χ0n) is 13.3. The van der Waals surface area contributed by atoms with Crippen molar-refractivity contribution >= 4 is 22.6 Å². The molecule has 0 aromatic carbocycles. The highest BCUT2D eigenvalue weighted by Gasteiger charge is 2.23. The van der Waals surface area contributed by atoms with Crippen LogP contribution in [0.3, 0.4) is 0 Å². The van der Waals surface area contributed by atoms with E-state index in [2.05, 4.69) is 19.6 Å². The normalized spacial score (nSPS) is 20.4. The summed E-state index contributed by atoms with van der Waals surface area (Å²) < 4.78 is 4.23. The molecule has 1 aromatic heterocycles. The summed E-state index contributed by atoms with van der Waals surface area (Å²) in [5, 5.41) is 4.36. The van der Waals surface area contributed by atoms with E-state index in [1.807, 2.05) is 11.8 Å². The summed E-state index contributed by atoms with van der Waals surface area (Å²) in [5.74, 6) is 1.89. The van der Waals surface area contributed by atoms with Crippen LogP contribution in [-0.4, -0.2) is 59.4 Å². The quantitative estimate of drug-likeness (QED) is 0.904. The third-order valence-electron chi connectivity index (χ3n) is 4.64. The van der Waals surface area contributed by atoms with Crippen molar-refractivity contribution in [2.75, 3.05) is 44.2 Å². The van der Waals surface area contributed by atoms with E-state index in [-0.39, 0.29) is 0 Å². The molecule has 0 aliphatic carbocycles. The molecule has 0 atom stereocenters. The van der Waals surface area contributed by atoms with Gasteiger partial charge >= 0.3 is 0 Å². The van der Waals surface area contributed by atoms with Crippen molar-refractivity contribution < 1.29 is 4.79 Å². The van der Waals surface area contributed by atoms with Crippen molar-refractivity contribution in [1.82, 2.24) is 19.6 Å². The Morgan fingerprint density at radius 3 is 2.64 bits per heavy atom. The molecular formula is C15H25N5OS. The predicted molar refractivity (Wildman–Crippen MR) is 88.3 cm³/mol. The number of rotatable bonds is 4. The number of anilines is 1. The Balaban J connectivity index is 1.41. The Hall–Kier alpha value is -1.21. The van der Waals surface area contributed by atoms with Crippen LogP contribution < -0.4 is 10.2 Å². The maximum Gasteiger partial charge on any atom is 0.222 e. The van der Waals surface area contributed by atoms with Gasteiger partial charge < -0.3 is 15.1 Å². The third-order valence-corrected chi connectivity index (χ3v) is 5.51. The lowest BCUT2D eigenvalue weighted by Crippen LogP contribution is -2.48. The largest absolute Gasteiger partial charge is 0.343 e. The van der Waals surface area contributed by atoms with Crippen LogP contribution in [0.4, 0.5) is 5.13 Å². The Morgan fingerprint density at radius 2 is 2.00 bits per heavy atom. The number of piperazine rings is 1. The summed E-state index contributed by atoms with van der Waals surface area (Å²) in [4.78, 5) is 21.0. The highest BCUT2D eigenvalue weighted by atomic mass is 32.1. The molecule has 2 saturated heterocycles. The lowest BCUT2D eigenvalue weighted by Gasteiger charge is -2.34. The first kappa shape index (κ1) is 15.7. The van der Waals surface area contributed by atoms with E-state index in [9.17, 15) is 4.79 Å². The Bertz CT molecular complexity index is 492. The molecule has 0 radical (unpaired) electrons. The third kappa shape index (κ3) is 3.95. The van der Waals surface area contributed by atoms with Gasteiger partial charge in [-0.05, 0) is 45.2 Å². The Labute approximate surface area is 136 Å². The van der Waals surface area contributed by atoms with E-state index >= 15 is 0 Å². The van der Waals surface area contributed by atoms with Gasteiger partial charge in [0.15, 0.2) is 0 Å². The topological polar surface area (TPSA) is 61.4 Å². The fraction of sp³-hybridized carbons (Fsp3) is 0.800. The highest BCUT2D eigenvalue weighted by molar-refractivity contribution is 7.09. The standard InChI is InChI=1S/C15H25N5OS/c1-12-17-15(22-18-12)20-10-8-19(9-11-20)14(21)3-2-13-4-6-16-7-5-13/h13,16H,2-11H2,1H3. The van der Waals surface area contributed by atoms with Crippen molar-refractivity contribution in [3.05, 3.63) is 5.82 Å². The SMILES string of the molecule is Cc1nsc(N2CCN(C(=O)CCC3CCNCC3)CC2)n1. The van der Waals surface area contributed by atoms with E-state index in [0.717, 1.165) is 62.6 Å². The second-order valence-corrected chi connectivity index (χ2v) is 6.95. The Morgan fingerprint density at radius 1 is 1.27 bits per heavy atom. The van der Waals surface area contributed by atoms with Gasteiger partial charge in [-0.3, -0.25) is 4.79 Å². The maximum atomic E-state index is 12.4. The molecule has 2 fully saturated rings. The van der Waals surface area contributed by atoms with Crippen LogP contribution in [0, 0.1) is 12.8 Å². The van der Waals surface area contributed by atoms with Crippen LogP contribution in [0.5, 0.6) is 0 Å². The van der Waals surface area contributed by atoms with Crippen LogP contribution in [0.1, 0.15) is 31.5 Å². The van der Waals surface area contributed by atoms with Gasteiger partial charge in [0.05, 0.1) is 0 Å². The monoisotopic (exact) mass is 323 g/mol. The minimum atomic E-state index is 0.326. The number of nitrogens with zero attached hydrogens (tertiary/aromatic N) is 4. The average Bonchev–Trinajstić information content (AvgIpc) is 3.00. The second kappa shape index (κ2) is 7.37. The zero-order chi connectivity index (χ0) is 15.4. The Kier molecular flexibility index (Phi) is 5.25. The number of aromatic nitrogens is 2. The first-order valence-corrected chi connectivity index (χ1v) is 9.03. The van der Waals surface area contributed by atoms with E-state index in [0.29, 0.717) is 12.3 Å². The molecule has 1 amide bonds. The number of nitrogens with one attached hydrogen (secondary N) is 1. The molecule has 122 valence electrons. The van der Waals surface area contributed by atoms with Crippen molar-refractivity contribution in [2.24, 2.45) is 5.92 Å². The molecule has 3 heterocycles. The number of hydrogen-bond acceptors (Lipinski definition) is 6. The van der Waals surface area contributed by atoms with Gasteiger partial charge in [0.1, 0.15) is 5.82 Å². The molecule has 22 heavy (non-hydrogen) atoms. The van der Waals surface area contributed by atoms with Gasteiger partial charge in [0, 0.05) is 44.1 Å². The fourth-order valence-corrected chi connectivity index (χ4v) is 3.94. The molecule has 2 aliphatic rings. The first-order chi connectivity index (χ1) is 10.7. The van der Waals surface area contributed by atoms with Crippen molar-refractivity contribution in [1.29, 1.82) is 0 Å².